The molecule has 0 bridgehead atoms. The summed E-state index contributed by atoms with van der Waals surface area (Å²) in [5.41, 5.74) is 0. The smallest absolute Gasteiger partial charge is 0.229 e. The first kappa shape index (κ1) is 10.6. The Morgan fingerprint density at radius 2 is 1.93 bits per heavy atom. The van der Waals surface area contributed by atoms with Crippen molar-refractivity contribution in [3.63, 3.8) is 0 Å². The summed E-state index contributed by atoms with van der Waals surface area (Å²) in [6, 6.07) is 0. The van der Waals surface area contributed by atoms with Crippen molar-refractivity contribution in [3.05, 3.63) is 11.7 Å². The van der Waals surface area contributed by atoms with Gasteiger partial charge < -0.3 is 14.7 Å². The van der Waals surface area contributed by atoms with Crippen LogP contribution in [-0.2, 0) is 0 Å². The molecule has 1 aromatic rings. The Kier molecular flexibility index (Phi) is 3.02. The molecule has 1 aliphatic rings. The maximum Gasteiger partial charge on any atom is 0.229 e. The van der Waals surface area contributed by atoms with Gasteiger partial charge in [0.15, 0.2) is 12.1 Å². The zero-order chi connectivity index (χ0) is 10.8. The zero-order valence-corrected chi connectivity index (χ0v) is 8.76. The van der Waals surface area contributed by atoms with Gasteiger partial charge in [-0.05, 0) is 32.6 Å². The zero-order valence-electron chi connectivity index (χ0n) is 8.76. The Balaban J connectivity index is 1.93. The first-order valence-corrected chi connectivity index (χ1v) is 5.33. The average Bonchev–Trinajstić information content (AvgIpc) is 2.65. The number of aliphatic hydroxyl groups excluding tert-OH is 1. The molecule has 0 radical (unpaired) electrons. The lowest BCUT2D eigenvalue weighted by molar-refractivity contribution is -0.0942. The molecular weight excluding hydrogens is 196 g/mol. The van der Waals surface area contributed by atoms with Gasteiger partial charge in [0.05, 0.1) is 0 Å². The predicted molar refractivity (Wildman–Crippen MR) is 52.0 cm³/mol. The third-order valence-electron chi connectivity index (χ3n) is 3.09. The van der Waals surface area contributed by atoms with Crippen molar-refractivity contribution in [3.8, 4) is 0 Å². The standard InChI is InChI=1S/C10H16N2O3/c1-6-11-9(15-12-6)7-2-4-8(5-3-7)10(13)14/h7-8,10,13-14H,2-5H2,1H3. The minimum atomic E-state index is -1.18. The summed E-state index contributed by atoms with van der Waals surface area (Å²) in [5, 5.41) is 21.8. The van der Waals surface area contributed by atoms with Gasteiger partial charge >= 0.3 is 0 Å². The van der Waals surface area contributed by atoms with E-state index in [2.05, 4.69) is 10.1 Å². The summed E-state index contributed by atoms with van der Waals surface area (Å²) >= 11 is 0. The van der Waals surface area contributed by atoms with Crippen LogP contribution in [0.3, 0.4) is 0 Å². The summed E-state index contributed by atoms with van der Waals surface area (Å²) in [5.74, 6) is 1.65. The SMILES string of the molecule is Cc1noc(C2CCC(C(O)O)CC2)n1. The fraction of sp³-hybridized carbons (Fsp3) is 0.800. The summed E-state index contributed by atoms with van der Waals surface area (Å²) in [6.45, 7) is 1.80. The molecule has 1 saturated carbocycles. The van der Waals surface area contributed by atoms with Crippen LogP contribution in [0.5, 0.6) is 0 Å². The molecule has 0 saturated heterocycles. The monoisotopic (exact) mass is 212 g/mol. The molecule has 0 atom stereocenters. The lowest BCUT2D eigenvalue weighted by Crippen LogP contribution is -2.24. The number of hydrogen-bond acceptors (Lipinski definition) is 5. The van der Waals surface area contributed by atoms with Crippen LogP contribution < -0.4 is 0 Å². The van der Waals surface area contributed by atoms with E-state index in [4.69, 9.17) is 14.7 Å². The Bertz CT molecular complexity index is 316. The molecule has 0 aromatic carbocycles. The maximum atomic E-state index is 9.04. The van der Waals surface area contributed by atoms with Crippen LogP contribution in [0.25, 0.3) is 0 Å². The first-order chi connectivity index (χ1) is 7.16. The van der Waals surface area contributed by atoms with Crippen molar-refractivity contribution in [1.82, 2.24) is 10.1 Å². The summed E-state index contributed by atoms with van der Waals surface area (Å²) in [7, 11) is 0. The van der Waals surface area contributed by atoms with Gasteiger partial charge in [-0.25, -0.2) is 0 Å². The predicted octanol–water partition coefficient (Wildman–Crippen LogP) is 0.963. The van der Waals surface area contributed by atoms with Crippen LogP contribution >= 0.6 is 0 Å². The second kappa shape index (κ2) is 4.28. The molecule has 0 aliphatic heterocycles. The molecule has 84 valence electrons. The van der Waals surface area contributed by atoms with Crippen molar-refractivity contribution in [2.75, 3.05) is 0 Å². The van der Waals surface area contributed by atoms with Gasteiger partial charge in [0, 0.05) is 11.8 Å². The van der Waals surface area contributed by atoms with E-state index in [0.717, 1.165) is 25.7 Å². The van der Waals surface area contributed by atoms with Crippen LogP contribution in [-0.4, -0.2) is 26.6 Å². The fourth-order valence-electron chi connectivity index (χ4n) is 2.14. The summed E-state index contributed by atoms with van der Waals surface area (Å²) in [6.07, 6.45) is 2.22. The third-order valence-corrected chi connectivity index (χ3v) is 3.09. The van der Waals surface area contributed by atoms with Gasteiger partial charge in [-0.3, -0.25) is 0 Å². The largest absolute Gasteiger partial charge is 0.368 e. The average molecular weight is 212 g/mol. The highest BCUT2D eigenvalue weighted by atomic mass is 16.5. The third kappa shape index (κ3) is 2.35. The molecule has 0 amide bonds. The normalized spacial score (nSPS) is 27.2. The van der Waals surface area contributed by atoms with Crippen LogP contribution in [0.15, 0.2) is 4.52 Å². The molecule has 5 heteroatoms. The van der Waals surface area contributed by atoms with Gasteiger partial charge in [0.25, 0.3) is 0 Å². The van der Waals surface area contributed by atoms with Crippen LogP contribution in [0.4, 0.5) is 0 Å². The van der Waals surface area contributed by atoms with Gasteiger partial charge in [-0.15, -0.1) is 0 Å². The number of aryl methyl sites for hydroxylation is 1. The molecule has 5 nitrogen and oxygen atoms in total. The lowest BCUT2D eigenvalue weighted by Gasteiger charge is -2.27. The molecule has 15 heavy (non-hydrogen) atoms. The van der Waals surface area contributed by atoms with E-state index < -0.39 is 6.29 Å². The van der Waals surface area contributed by atoms with Crippen molar-refractivity contribution < 1.29 is 14.7 Å². The van der Waals surface area contributed by atoms with Crippen molar-refractivity contribution in [2.45, 2.75) is 44.8 Å². The van der Waals surface area contributed by atoms with Crippen molar-refractivity contribution in [2.24, 2.45) is 5.92 Å². The molecule has 2 rings (SSSR count). The highest BCUT2D eigenvalue weighted by molar-refractivity contribution is 4.95. The molecule has 2 N–H and O–H groups in total. The van der Waals surface area contributed by atoms with Gasteiger partial charge in [-0.1, -0.05) is 5.16 Å². The molecule has 0 unspecified atom stereocenters. The second-order valence-electron chi connectivity index (χ2n) is 4.21. The summed E-state index contributed by atoms with van der Waals surface area (Å²) in [4.78, 5) is 4.20. The van der Waals surface area contributed by atoms with E-state index in [1.807, 2.05) is 0 Å². The first-order valence-electron chi connectivity index (χ1n) is 5.33. The number of aliphatic hydroxyl groups is 2. The number of aromatic nitrogens is 2. The molecule has 1 aromatic heterocycles. The maximum absolute atomic E-state index is 9.04. The minimum absolute atomic E-state index is 0.00488. The molecule has 0 spiro atoms. The topological polar surface area (TPSA) is 79.4 Å². The number of nitrogens with zero attached hydrogens (tertiary/aromatic N) is 2. The Morgan fingerprint density at radius 1 is 1.27 bits per heavy atom. The Hall–Kier alpha value is -0.940. The highest BCUT2D eigenvalue weighted by Gasteiger charge is 2.28. The van der Waals surface area contributed by atoms with Crippen LogP contribution in [0.1, 0.15) is 43.3 Å². The van der Waals surface area contributed by atoms with E-state index in [0.29, 0.717) is 17.6 Å². The summed E-state index contributed by atoms with van der Waals surface area (Å²) < 4.78 is 5.11. The van der Waals surface area contributed by atoms with Gasteiger partial charge in [-0.2, -0.15) is 4.98 Å². The minimum Gasteiger partial charge on any atom is -0.368 e. The molecule has 1 heterocycles. The number of rotatable bonds is 2. The van der Waals surface area contributed by atoms with E-state index >= 15 is 0 Å². The van der Waals surface area contributed by atoms with E-state index in [1.165, 1.54) is 0 Å². The quantitative estimate of drug-likeness (QED) is 0.714. The van der Waals surface area contributed by atoms with Gasteiger partial charge in [0.1, 0.15) is 0 Å². The van der Waals surface area contributed by atoms with Crippen LogP contribution in [0.2, 0.25) is 0 Å². The van der Waals surface area contributed by atoms with Crippen LogP contribution in [0, 0.1) is 12.8 Å². The number of hydrogen-bond donors (Lipinski definition) is 2. The lowest BCUT2D eigenvalue weighted by atomic mass is 9.81. The molecule has 1 fully saturated rings. The van der Waals surface area contributed by atoms with Crippen molar-refractivity contribution in [1.29, 1.82) is 0 Å². The fourth-order valence-corrected chi connectivity index (χ4v) is 2.14. The second-order valence-corrected chi connectivity index (χ2v) is 4.21. The molecular formula is C10H16N2O3. The Labute approximate surface area is 88.1 Å². The van der Waals surface area contributed by atoms with Crippen molar-refractivity contribution >= 4 is 0 Å². The van der Waals surface area contributed by atoms with E-state index in [1.54, 1.807) is 6.92 Å². The Morgan fingerprint density at radius 3 is 2.40 bits per heavy atom. The highest BCUT2D eigenvalue weighted by Crippen LogP contribution is 2.35. The molecule has 1 aliphatic carbocycles. The van der Waals surface area contributed by atoms with E-state index in [9.17, 15) is 0 Å². The van der Waals surface area contributed by atoms with Gasteiger partial charge in [0.2, 0.25) is 5.89 Å². The van der Waals surface area contributed by atoms with E-state index in [-0.39, 0.29) is 5.92 Å².